The molecule has 0 unspecified atom stereocenters. The normalized spacial score (nSPS) is 10.8. The van der Waals surface area contributed by atoms with E-state index in [-0.39, 0.29) is 11.7 Å². The zero-order valence-corrected chi connectivity index (χ0v) is 13.4. The number of halogens is 1. The molecular weight excluding hydrogens is 311 g/mol. The number of fused-ring (bicyclic) bond motifs is 1. The Kier molecular flexibility index (Phi) is 4.98. The summed E-state index contributed by atoms with van der Waals surface area (Å²) in [6.07, 6.45) is 3.09. The van der Waals surface area contributed by atoms with Gasteiger partial charge in [0, 0.05) is 12.1 Å². The van der Waals surface area contributed by atoms with Crippen molar-refractivity contribution in [2.75, 3.05) is 5.32 Å². The molecule has 3 rings (SSSR count). The van der Waals surface area contributed by atoms with Crippen LogP contribution in [0.15, 0.2) is 48.5 Å². The maximum absolute atomic E-state index is 12.8. The first-order valence-electron chi connectivity index (χ1n) is 7.60. The molecule has 0 spiro atoms. The number of nitrogens with zero attached hydrogens (tertiary/aromatic N) is 1. The van der Waals surface area contributed by atoms with E-state index >= 15 is 0 Å². The van der Waals surface area contributed by atoms with Crippen LogP contribution in [0.3, 0.4) is 0 Å². The van der Waals surface area contributed by atoms with E-state index in [2.05, 4.69) is 16.4 Å². The van der Waals surface area contributed by atoms with Gasteiger partial charge < -0.3 is 5.32 Å². The van der Waals surface area contributed by atoms with E-state index < -0.39 is 0 Å². The molecule has 2 aromatic carbocycles. The van der Waals surface area contributed by atoms with Gasteiger partial charge in [0.1, 0.15) is 5.82 Å². The Balaban J connectivity index is 1.42. The standard InChI is InChI=1S/C18H17FN2OS/c19-13-9-11-14(12-10-13)20-17(22)7-3-4-8-18-21-15-5-1-2-6-16(15)23-18/h1-2,5-6,9-12H,3-4,7-8H2,(H,20,22). The lowest BCUT2D eigenvalue weighted by atomic mass is 10.2. The highest BCUT2D eigenvalue weighted by Gasteiger charge is 2.05. The predicted octanol–water partition coefficient (Wildman–Crippen LogP) is 4.79. The number of rotatable bonds is 6. The number of carbonyl (C=O) groups excluding carboxylic acids is 1. The van der Waals surface area contributed by atoms with Gasteiger partial charge in [0.25, 0.3) is 0 Å². The highest BCUT2D eigenvalue weighted by Crippen LogP contribution is 2.22. The molecule has 1 aromatic heterocycles. The van der Waals surface area contributed by atoms with Gasteiger partial charge >= 0.3 is 0 Å². The van der Waals surface area contributed by atoms with E-state index in [1.165, 1.54) is 16.8 Å². The third-order valence-electron chi connectivity index (χ3n) is 3.51. The molecule has 0 saturated carbocycles. The Morgan fingerprint density at radius 1 is 1.09 bits per heavy atom. The van der Waals surface area contributed by atoms with Gasteiger partial charge in [-0.1, -0.05) is 12.1 Å². The van der Waals surface area contributed by atoms with Gasteiger partial charge in [-0.3, -0.25) is 4.79 Å². The molecule has 0 aliphatic heterocycles. The number of para-hydroxylation sites is 1. The van der Waals surface area contributed by atoms with Crippen LogP contribution in [0.25, 0.3) is 10.2 Å². The molecule has 3 nitrogen and oxygen atoms in total. The number of hydrogen-bond acceptors (Lipinski definition) is 3. The van der Waals surface area contributed by atoms with Crippen molar-refractivity contribution in [3.8, 4) is 0 Å². The quantitative estimate of drug-likeness (QED) is 0.661. The summed E-state index contributed by atoms with van der Waals surface area (Å²) in [6, 6.07) is 13.9. The Labute approximate surface area is 138 Å². The average molecular weight is 328 g/mol. The number of benzene rings is 2. The minimum atomic E-state index is -0.307. The Bertz CT molecular complexity index is 765. The van der Waals surface area contributed by atoms with Crippen molar-refractivity contribution in [2.24, 2.45) is 0 Å². The van der Waals surface area contributed by atoms with Gasteiger partial charge in [0.2, 0.25) is 5.91 Å². The summed E-state index contributed by atoms with van der Waals surface area (Å²) in [5.41, 5.74) is 1.67. The largest absolute Gasteiger partial charge is 0.326 e. The number of nitrogens with one attached hydrogen (secondary N) is 1. The summed E-state index contributed by atoms with van der Waals surface area (Å²) in [4.78, 5) is 16.4. The highest BCUT2D eigenvalue weighted by molar-refractivity contribution is 7.18. The number of unbranched alkanes of at least 4 members (excludes halogenated alkanes) is 1. The molecule has 1 amide bonds. The van der Waals surface area contributed by atoms with Crippen LogP contribution in [-0.2, 0) is 11.2 Å². The van der Waals surface area contributed by atoms with Crippen LogP contribution < -0.4 is 5.32 Å². The van der Waals surface area contributed by atoms with Crippen molar-refractivity contribution in [1.82, 2.24) is 4.98 Å². The molecule has 0 atom stereocenters. The van der Waals surface area contributed by atoms with Crippen LogP contribution in [0, 0.1) is 5.82 Å². The summed E-state index contributed by atoms with van der Waals surface area (Å²) in [6.45, 7) is 0. The summed E-state index contributed by atoms with van der Waals surface area (Å²) in [7, 11) is 0. The van der Waals surface area contributed by atoms with E-state index in [4.69, 9.17) is 0 Å². The van der Waals surface area contributed by atoms with E-state index in [1.54, 1.807) is 23.5 Å². The molecule has 0 saturated heterocycles. The second kappa shape index (κ2) is 7.33. The number of thiazole rings is 1. The maximum atomic E-state index is 12.8. The van der Waals surface area contributed by atoms with Crippen molar-refractivity contribution < 1.29 is 9.18 Å². The molecule has 23 heavy (non-hydrogen) atoms. The van der Waals surface area contributed by atoms with Gasteiger partial charge in [0.15, 0.2) is 0 Å². The monoisotopic (exact) mass is 328 g/mol. The van der Waals surface area contributed by atoms with Crippen molar-refractivity contribution in [3.63, 3.8) is 0 Å². The summed E-state index contributed by atoms with van der Waals surface area (Å²) in [5, 5.41) is 3.89. The topological polar surface area (TPSA) is 42.0 Å². The molecule has 1 N–H and O–H groups in total. The fourth-order valence-electron chi connectivity index (χ4n) is 2.35. The van der Waals surface area contributed by atoms with Crippen molar-refractivity contribution in [1.29, 1.82) is 0 Å². The molecule has 3 aromatic rings. The molecule has 0 fully saturated rings. The number of anilines is 1. The average Bonchev–Trinajstić information content (AvgIpc) is 2.96. The molecule has 0 radical (unpaired) electrons. The van der Waals surface area contributed by atoms with E-state index in [9.17, 15) is 9.18 Å². The fourth-order valence-corrected chi connectivity index (χ4v) is 3.35. The third kappa shape index (κ3) is 4.36. The van der Waals surface area contributed by atoms with E-state index in [0.29, 0.717) is 12.1 Å². The zero-order valence-electron chi connectivity index (χ0n) is 12.6. The van der Waals surface area contributed by atoms with Gasteiger partial charge in [-0.05, 0) is 55.7 Å². The first kappa shape index (κ1) is 15.6. The lowest BCUT2D eigenvalue weighted by Gasteiger charge is -2.04. The molecule has 0 bridgehead atoms. The first-order chi connectivity index (χ1) is 11.2. The lowest BCUT2D eigenvalue weighted by Crippen LogP contribution is -2.11. The Morgan fingerprint density at radius 2 is 1.87 bits per heavy atom. The second-order valence-corrected chi connectivity index (χ2v) is 6.45. The highest BCUT2D eigenvalue weighted by atomic mass is 32.1. The molecular formula is C18H17FN2OS. The zero-order chi connectivity index (χ0) is 16.1. The maximum Gasteiger partial charge on any atom is 0.224 e. The minimum absolute atomic E-state index is 0.0408. The van der Waals surface area contributed by atoms with Crippen molar-refractivity contribution >= 4 is 33.1 Å². The number of carbonyl (C=O) groups is 1. The Morgan fingerprint density at radius 3 is 2.65 bits per heavy atom. The number of hydrogen-bond donors (Lipinski definition) is 1. The van der Waals surface area contributed by atoms with Gasteiger partial charge in [-0.2, -0.15) is 0 Å². The van der Waals surface area contributed by atoms with E-state index in [0.717, 1.165) is 29.8 Å². The summed E-state index contributed by atoms with van der Waals surface area (Å²) in [5.74, 6) is -0.347. The van der Waals surface area contributed by atoms with Crippen molar-refractivity contribution in [3.05, 3.63) is 59.4 Å². The van der Waals surface area contributed by atoms with Gasteiger partial charge in [-0.15, -0.1) is 11.3 Å². The fraction of sp³-hybridized carbons (Fsp3) is 0.222. The summed E-state index contributed by atoms with van der Waals surface area (Å²) >= 11 is 1.71. The third-order valence-corrected chi connectivity index (χ3v) is 4.61. The first-order valence-corrected chi connectivity index (χ1v) is 8.42. The SMILES string of the molecule is O=C(CCCCc1nc2ccccc2s1)Nc1ccc(F)cc1. The molecule has 0 aliphatic carbocycles. The van der Waals surface area contributed by atoms with Crippen LogP contribution in [0.2, 0.25) is 0 Å². The summed E-state index contributed by atoms with van der Waals surface area (Å²) < 4.78 is 14.0. The number of aryl methyl sites for hydroxylation is 1. The Hall–Kier alpha value is -2.27. The molecule has 0 aliphatic rings. The number of amides is 1. The van der Waals surface area contributed by atoms with Crippen molar-refractivity contribution in [2.45, 2.75) is 25.7 Å². The van der Waals surface area contributed by atoms with E-state index in [1.807, 2.05) is 18.2 Å². The molecule has 1 heterocycles. The van der Waals surface area contributed by atoms with Crippen LogP contribution in [-0.4, -0.2) is 10.9 Å². The van der Waals surface area contributed by atoms with Crippen LogP contribution in [0.4, 0.5) is 10.1 Å². The second-order valence-electron chi connectivity index (χ2n) is 5.34. The van der Waals surface area contributed by atoms with Gasteiger partial charge in [0.05, 0.1) is 15.2 Å². The molecule has 5 heteroatoms. The van der Waals surface area contributed by atoms with Crippen LogP contribution in [0.5, 0.6) is 0 Å². The minimum Gasteiger partial charge on any atom is -0.326 e. The van der Waals surface area contributed by atoms with Crippen LogP contribution in [0.1, 0.15) is 24.3 Å². The van der Waals surface area contributed by atoms with Crippen LogP contribution >= 0.6 is 11.3 Å². The number of aromatic nitrogens is 1. The lowest BCUT2D eigenvalue weighted by molar-refractivity contribution is -0.116. The predicted molar refractivity (Wildman–Crippen MR) is 92.2 cm³/mol. The smallest absolute Gasteiger partial charge is 0.224 e. The van der Waals surface area contributed by atoms with Gasteiger partial charge in [-0.25, -0.2) is 9.37 Å². The molecule has 118 valence electrons.